The summed E-state index contributed by atoms with van der Waals surface area (Å²) in [4.78, 5) is 22.0. The summed E-state index contributed by atoms with van der Waals surface area (Å²) in [5.41, 5.74) is -0.451. The van der Waals surface area contributed by atoms with Gasteiger partial charge in [0.25, 0.3) is 0 Å². The number of carbonyl (C=O) groups excluding carboxylic acids is 1. The van der Waals surface area contributed by atoms with Gasteiger partial charge < -0.3 is 14.8 Å². The first kappa shape index (κ1) is 11.7. The van der Waals surface area contributed by atoms with E-state index in [1.54, 1.807) is 12.3 Å². The summed E-state index contributed by atoms with van der Waals surface area (Å²) in [6, 6.07) is 3.63. The summed E-state index contributed by atoms with van der Waals surface area (Å²) in [6.07, 6.45) is 3.76. The molecule has 0 bridgehead atoms. The van der Waals surface area contributed by atoms with Crippen LogP contribution in [0.25, 0.3) is 0 Å². The molecule has 0 aliphatic carbocycles. The molecule has 0 unspecified atom stereocenters. The van der Waals surface area contributed by atoms with E-state index in [2.05, 4.69) is 5.32 Å². The van der Waals surface area contributed by atoms with Crippen LogP contribution in [0.1, 0.15) is 31.4 Å². The zero-order valence-corrected chi connectivity index (χ0v) is 9.44. The van der Waals surface area contributed by atoms with Crippen molar-refractivity contribution >= 4 is 11.9 Å². The Morgan fingerprint density at radius 1 is 1.59 bits per heavy atom. The SMILES string of the molecule is O=C(O)CC[C@@]1(Cc2ccco2)CCC(=O)N1. The highest BCUT2D eigenvalue weighted by atomic mass is 16.4. The van der Waals surface area contributed by atoms with Crippen LogP contribution in [0.3, 0.4) is 0 Å². The van der Waals surface area contributed by atoms with Crippen LogP contribution >= 0.6 is 0 Å². The molecule has 1 aromatic heterocycles. The lowest BCUT2D eigenvalue weighted by molar-refractivity contribution is -0.137. The van der Waals surface area contributed by atoms with Gasteiger partial charge in [0.05, 0.1) is 6.26 Å². The summed E-state index contributed by atoms with van der Waals surface area (Å²) in [6.45, 7) is 0. The first-order valence-electron chi connectivity index (χ1n) is 5.65. The molecule has 2 rings (SSSR count). The largest absolute Gasteiger partial charge is 0.481 e. The second-order valence-corrected chi connectivity index (χ2v) is 4.48. The molecule has 0 aromatic carbocycles. The van der Waals surface area contributed by atoms with Gasteiger partial charge in [-0.3, -0.25) is 9.59 Å². The third-order valence-electron chi connectivity index (χ3n) is 3.15. The average molecular weight is 237 g/mol. The third kappa shape index (κ3) is 2.87. The van der Waals surface area contributed by atoms with Crippen molar-refractivity contribution in [3.63, 3.8) is 0 Å². The summed E-state index contributed by atoms with van der Waals surface area (Å²) >= 11 is 0. The topological polar surface area (TPSA) is 79.5 Å². The van der Waals surface area contributed by atoms with Crippen molar-refractivity contribution in [2.24, 2.45) is 0 Å². The second-order valence-electron chi connectivity index (χ2n) is 4.48. The van der Waals surface area contributed by atoms with E-state index in [1.807, 2.05) is 6.07 Å². The van der Waals surface area contributed by atoms with E-state index in [-0.39, 0.29) is 12.3 Å². The first-order valence-corrected chi connectivity index (χ1v) is 5.65. The first-order chi connectivity index (χ1) is 8.10. The fraction of sp³-hybridized carbons (Fsp3) is 0.500. The van der Waals surface area contributed by atoms with E-state index in [4.69, 9.17) is 9.52 Å². The van der Waals surface area contributed by atoms with Crippen LogP contribution in [-0.2, 0) is 16.0 Å². The van der Waals surface area contributed by atoms with Gasteiger partial charge in [0.1, 0.15) is 5.76 Å². The van der Waals surface area contributed by atoms with Gasteiger partial charge in [0, 0.05) is 24.8 Å². The highest BCUT2D eigenvalue weighted by Gasteiger charge is 2.38. The van der Waals surface area contributed by atoms with E-state index < -0.39 is 11.5 Å². The standard InChI is InChI=1S/C12H15NO4/c14-10-3-5-12(13-10,6-4-11(15)16)8-9-2-1-7-17-9/h1-2,7H,3-6,8H2,(H,13,14)(H,15,16)/t12-/m1/s1. The number of nitrogens with one attached hydrogen (secondary N) is 1. The van der Waals surface area contributed by atoms with Gasteiger partial charge >= 0.3 is 5.97 Å². The van der Waals surface area contributed by atoms with Crippen molar-refractivity contribution in [3.05, 3.63) is 24.2 Å². The predicted octanol–water partition coefficient (Wildman–Crippen LogP) is 1.34. The van der Waals surface area contributed by atoms with Gasteiger partial charge in [0.15, 0.2) is 0 Å². The Balaban J connectivity index is 2.07. The molecule has 1 aromatic rings. The quantitative estimate of drug-likeness (QED) is 0.809. The molecule has 5 heteroatoms. The lowest BCUT2D eigenvalue weighted by Gasteiger charge is -2.27. The number of hydrogen-bond acceptors (Lipinski definition) is 3. The maximum atomic E-state index is 11.3. The fourth-order valence-electron chi connectivity index (χ4n) is 2.27. The van der Waals surface area contributed by atoms with Gasteiger partial charge in [-0.2, -0.15) is 0 Å². The zero-order valence-electron chi connectivity index (χ0n) is 9.44. The smallest absolute Gasteiger partial charge is 0.303 e. The van der Waals surface area contributed by atoms with Crippen LogP contribution < -0.4 is 5.32 Å². The van der Waals surface area contributed by atoms with Gasteiger partial charge in [-0.05, 0) is 25.0 Å². The molecule has 17 heavy (non-hydrogen) atoms. The lowest BCUT2D eigenvalue weighted by Crippen LogP contribution is -2.43. The number of amides is 1. The second kappa shape index (κ2) is 4.61. The number of hydrogen-bond donors (Lipinski definition) is 2. The summed E-state index contributed by atoms with van der Waals surface area (Å²) in [5, 5.41) is 11.6. The maximum absolute atomic E-state index is 11.3. The summed E-state index contributed by atoms with van der Waals surface area (Å²) in [5.74, 6) is -0.0792. The molecule has 2 heterocycles. The molecule has 1 aliphatic heterocycles. The van der Waals surface area contributed by atoms with Crippen molar-refractivity contribution in [1.82, 2.24) is 5.32 Å². The van der Waals surface area contributed by atoms with Crippen molar-refractivity contribution in [2.75, 3.05) is 0 Å². The molecule has 1 atom stereocenters. The number of carbonyl (C=O) groups is 2. The van der Waals surface area contributed by atoms with Gasteiger partial charge in [-0.15, -0.1) is 0 Å². The van der Waals surface area contributed by atoms with E-state index in [9.17, 15) is 9.59 Å². The number of carboxylic acid groups (broad SMARTS) is 1. The number of furan rings is 1. The van der Waals surface area contributed by atoms with Gasteiger partial charge in [-0.1, -0.05) is 0 Å². The Kier molecular flexibility index (Phi) is 3.17. The Morgan fingerprint density at radius 2 is 2.41 bits per heavy atom. The van der Waals surface area contributed by atoms with E-state index in [0.717, 1.165) is 5.76 Å². The third-order valence-corrected chi connectivity index (χ3v) is 3.15. The molecule has 92 valence electrons. The van der Waals surface area contributed by atoms with E-state index in [1.165, 1.54) is 0 Å². The molecular formula is C12H15NO4. The number of aliphatic carboxylic acids is 1. The zero-order chi connectivity index (χ0) is 12.3. The van der Waals surface area contributed by atoms with Crippen molar-refractivity contribution < 1.29 is 19.1 Å². The molecular weight excluding hydrogens is 222 g/mol. The van der Waals surface area contributed by atoms with Crippen LogP contribution in [-0.4, -0.2) is 22.5 Å². The molecule has 0 spiro atoms. The Hall–Kier alpha value is -1.78. The Morgan fingerprint density at radius 3 is 2.94 bits per heavy atom. The minimum Gasteiger partial charge on any atom is -0.481 e. The highest BCUT2D eigenvalue weighted by molar-refractivity contribution is 5.79. The van der Waals surface area contributed by atoms with Crippen LogP contribution in [0.15, 0.2) is 22.8 Å². The van der Waals surface area contributed by atoms with Crippen LogP contribution in [0.5, 0.6) is 0 Å². The molecule has 0 radical (unpaired) electrons. The molecule has 2 N–H and O–H groups in total. The minimum atomic E-state index is -0.843. The maximum Gasteiger partial charge on any atom is 0.303 e. The molecule has 1 aliphatic rings. The van der Waals surface area contributed by atoms with Gasteiger partial charge in [-0.25, -0.2) is 0 Å². The van der Waals surface area contributed by atoms with Crippen LogP contribution in [0, 0.1) is 0 Å². The fourth-order valence-corrected chi connectivity index (χ4v) is 2.27. The Bertz CT molecular complexity index is 412. The normalized spacial score (nSPS) is 23.6. The molecule has 1 saturated heterocycles. The highest BCUT2D eigenvalue weighted by Crippen LogP contribution is 2.29. The van der Waals surface area contributed by atoms with Crippen molar-refractivity contribution in [1.29, 1.82) is 0 Å². The van der Waals surface area contributed by atoms with Crippen molar-refractivity contribution in [2.45, 2.75) is 37.6 Å². The molecule has 5 nitrogen and oxygen atoms in total. The van der Waals surface area contributed by atoms with E-state index in [0.29, 0.717) is 25.7 Å². The van der Waals surface area contributed by atoms with Crippen LogP contribution in [0.2, 0.25) is 0 Å². The minimum absolute atomic E-state index is 0.0121. The molecule has 1 fully saturated rings. The van der Waals surface area contributed by atoms with Gasteiger partial charge in [0.2, 0.25) is 5.91 Å². The monoisotopic (exact) mass is 237 g/mol. The van der Waals surface area contributed by atoms with Crippen LogP contribution in [0.4, 0.5) is 0 Å². The molecule has 1 amide bonds. The summed E-state index contributed by atoms with van der Waals surface area (Å²) < 4.78 is 5.26. The molecule has 0 saturated carbocycles. The number of rotatable bonds is 5. The lowest BCUT2D eigenvalue weighted by atomic mass is 9.87. The average Bonchev–Trinajstić information content (AvgIpc) is 2.87. The predicted molar refractivity (Wildman–Crippen MR) is 59.4 cm³/mol. The van der Waals surface area contributed by atoms with Crippen molar-refractivity contribution in [3.8, 4) is 0 Å². The van der Waals surface area contributed by atoms with E-state index >= 15 is 0 Å². The summed E-state index contributed by atoms with van der Waals surface area (Å²) in [7, 11) is 0. The Labute approximate surface area is 98.8 Å². The number of carboxylic acids is 1.